The lowest BCUT2D eigenvalue weighted by molar-refractivity contribution is -0.123. The molecule has 0 unspecified atom stereocenters. The van der Waals surface area contributed by atoms with E-state index >= 15 is 0 Å². The van der Waals surface area contributed by atoms with Gasteiger partial charge in [0.15, 0.2) is 0 Å². The SMILES string of the molecule is COc1ccc(C[C@@H]2NC(=O)c3ccc(OC)c(c3)CCCNC(=O)CN(C(=O)c3cnc(N4CCN(C)CC4)nc3C)C[C@H](CC(C)C)NC2=O)cc1. The molecule has 3 aromatic rings. The van der Waals surface area contributed by atoms with Crippen molar-refractivity contribution in [2.45, 2.75) is 58.5 Å². The summed E-state index contributed by atoms with van der Waals surface area (Å²) in [5.74, 6) is 0.446. The highest BCUT2D eigenvalue weighted by Gasteiger charge is 2.30. The second-order valence-electron chi connectivity index (χ2n) is 14.5. The van der Waals surface area contributed by atoms with Crippen LogP contribution in [0.25, 0.3) is 0 Å². The molecule has 2 atom stereocenters. The van der Waals surface area contributed by atoms with Gasteiger partial charge in [-0.2, -0.15) is 0 Å². The molecule has 4 amide bonds. The minimum absolute atomic E-state index is 0.0526. The Labute approximate surface area is 318 Å². The number of nitrogens with zero attached hydrogens (tertiary/aromatic N) is 5. The molecule has 0 radical (unpaired) electrons. The van der Waals surface area contributed by atoms with Crippen LogP contribution in [-0.4, -0.2) is 123 Å². The lowest BCUT2D eigenvalue weighted by Crippen LogP contribution is -2.54. The summed E-state index contributed by atoms with van der Waals surface area (Å²) in [4.78, 5) is 70.9. The van der Waals surface area contributed by atoms with Gasteiger partial charge in [0.2, 0.25) is 17.8 Å². The van der Waals surface area contributed by atoms with Crippen molar-refractivity contribution in [3.05, 3.63) is 76.6 Å². The van der Waals surface area contributed by atoms with Crippen LogP contribution in [0, 0.1) is 12.8 Å². The Morgan fingerprint density at radius 3 is 2.39 bits per heavy atom. The standard InChI is InChI=1S/C40H54N8O6/c1-26(2)20-31-24-48(39(52)33-23-42-40(43-27(33)3)47-18-16-46(4)17-19-47)25-36(49)41-15-7-8-29-22-30(11-14-35(29)54-6)37(50)45-34(38(51)44-31)21-28-9-12-32(53-5)13-10-28/h9-14,22-23,26,31,34H,7-8,15-21,24-25H2,1-6H3,(H,41,49)(H,44,51)(H,45,50)/t31-,34-/m0/s1. The van der Waals surface area contributed by atoms with Crippen LogP contribution in [0.15, 0.2) is 48.7 Å². The van der Waals surface area contributed by atoms with Crippen LogP contribution >= 0.6 is 0 Å². The normalized spacial score (nSPS) is 19.4. The Morgan fingerprint density at radius 2 is 1.72 bits per heavy atom. The highest BCUT2D eigenvalue weighted by atomic mass is 16.5. The summed E-state index contributed by atoms with van der Waals surface area (Å²) >= 11 is 0. The highest BCUT2D eigenvalue weighted by molar-refractivity contribution is 5.98. The Bertz CT molecular complexity index is 1780. The van der Waals surface area contributed by atoms with Crippen LogP contribution in [0.1, 0.15) is 64.2 Å². The number of methoxy groups -OCH3 is 2. The predicted octanol–water partition coefficient (Wildman–Crippen LogP) is 2.63. The molecule has 2 aromatic carbocycles. The number of carbonyl (C=O) groups excluding carboxylic acids is 4. The number of fused-ring (bicyclic) bond motifs is 2. The largest absolute Gasteiger partial charge is 0.497 e. The van der Waals surface area contributed by atoms with Crippen molar-refractivity contribution in [2.24, 2.45) is 5.92 Å². The smallest absolute Gasteiger partial charge is 0.257 e. The van der Waals surface area contributed by atoms with Gasteiger partial charge in [-0.3, -0.25) is 19.2 Å². The maximum atomic E-state index is 14.3. The Balaban J connectivity index is 1.46. The van der Waals surface area contributed by atoms with Gasteiger partial charge in [0, 0.05) is 63.5 Å². The third-order valence-electron chi connectivity index (χ3n) is 9.86. The summed E-state index contributed by atoms with van der Waals surface area (Å²) in [5, 5.41) is 9.06. The number of ether oxygens (including phenoxy) is 2. The van der Waals surface area contributed by atoms with Gasteiger partial charge < -0.3 is 40.1 Å². The second kappa shape index (κ2) is 18.7. The number of benzene rings is 2. The first-order valence-corrected chi connectivity index (χ1v) is 18.7. The number of aryl methyl sites for hydroxylation is 2. The molecule has 1 aromatic heterocycles. The van der Waals surface area contributed by atoms with E-state index in [0.717, 1.165) is 37.3 Å². The Kier molecular flexibility index (Phi) is 13.8. The van der Waals surface area contributed by atoms with Crippen LogP contribution in [0.5, 0.6) is 11.5 Å². The van der Waals surface area contributed by atoms with Crippen LogP contribution in [-0.2, 0) is 22.4 Å². The molecular formula is C40H54N8O6. The fraction of sp³-hybridized carbons (Fsp3) is 0.500. The zero-order valence-corrected chi connectivity index (χ0v) is 32.3. The monoisotopic (exact) mass is 742 g/mol. The van der Waals surface area contributed by atoms with Gasteiger partial charge in [0.05, 0.1) is 32.0 Å². The van der Waals surface area contributed by atoms with E-state index in [9.17, 15) is 19.2 Å². The number of likely N-dealkylation sites (N-methyl/N-ethyl adjacent to an activating group) is 1. The molecule has 3 N–H and O–H groups in total. The van der Waals surface area contributed by atoms with E-state index in [1.54, 1.807) is 39.3 Å². The fourth-order valence-electron chi connectivity index (χ4n) is 6.83. The van der Waals surface area contributed by atoms with E-state index in [-0.39, 0.29) is 36.9 Å². The first kappa shape index (κ1) is 40.0. The zero-order valence-electron chi connectivity index (χ0n) is 32.3. The Morgan fingerprint density at radius 1 is 0.981 bits per heavy atom. The number of aromatic nitrogens is 2. The maximum absolute atomic E-state index is 14.3. The van der Waals surface area contributed by atoms with E-state index in [4.69, 9.17) is 14.5 Å². The molecule has 5 rings (SSSR count). The van der Waals surface area contributed by atoms with Crippen molar-refractivity contribution < 1.29 is 28.7 Å². The van der Waals surface area contributed by atoms with Crippen molar-refractivity contribution in [3.8, 4) is 11.5 Å². The van der Waals surface area contributed by atoms with E-state index < -0.39 is 29.8 Å². The van der Waals surface area contributed by atoms with Gasteiger partial charge in [-0.15, -0.1) is 0 Å². The summed E-state index contributed by atoms with van der Waals surface area (Å²) in [7, 11) is 5.23. The molecule has 2 aliphatic heterocycles. The molecule has 1 fully saturated rings. The number of carbonyl (C=O) groups is 4. The van der Waals surface area contributed by atoms with Crippen molar-refractivity contribution in [3.63, 3.8) is 0 Å². The Hall–Kier alpha value is -5.24. The zero-order chi connectivity index (χ0) is 38.8. The van der Waals surface area contributed by atoms with Gasteiger partial charge in [0.1, 0.15) is 17.5 Å². The van der Waals surface area contributed by atoms with Gasteiger partial charge in [-0.05, 0) is 80.6 Å². The number of piperazine rings is 1. The topological polar surface area (TPSA) is 158 Å². The van der Waals surface area contributed by atoms with E-state index in [2.05, 4.69) is 37.8 Å². The van der Waals surface area contributed by atoms with Gasteiger partial charge >= 0.3 is 0 Å². The molecule has 0 spiro atoms. The number of anilines is 1. The average molecular weight is 743 g/mol. The summed E-state index contributed by atoms with van der Waals surface area (Å²) in [6, 6.07) is 11.0. The quantitative estimate of drug-likeness (QED) is 0.314. The highest BCUT2D eigenvalue weighted by Crippen LogP contribution is 2.23. The summed E-state index contributed by atoms with van der Waals surface area (Å²) in [6.45, 7) is 9.34. The van der Waals surface area contributed by atoms with E-state index in [1.807, 2.05) is 38.1 Å². The number of hydrogen-bond donors (Lipinski definition) is 3. The molecule has 0 aliphatic carbocycles. The van der Waals surface area contributed by atoms with Crippen molar-refractivity contribution in [1.29, 1.82) is 0 Å². The first-order valence-electron chi connectivity index (χ1n) is 18.7. The minimum Gasteiger partial charge on any atom is -0.497 e. The lowest BCUT2D eigenvalue weighted by atomic mass is 10.00. The molecule has 14 nitrogen and oxygen atoms in total. The number of hydrogen-bond acceptors (Lipinski definition) is 10. The number of amides is 4. The van der Waals surface area contributed by atoms with Gasteiger partial charge in [-0.1, -0.05) is 26.0 Å². The van der Waals surface area contributed by atoms with Crippen LogP contribution in [0.3, 0.4) is 0 Å². The third kappa shape index (κ3) is 10.7. The van der Waals surface area contributed by atoms with Gasteiger partial charge in [0.25, 0.3) is 11.8 Å². The number of nitrogens with one attached hydrogen (secondary N) is 3. The number of rotatable bonds is 8. The summed E-state index contributed by atoms with van der Waals surface area (Å²) in [6.07, 6.45) is 3.35. The molecular weight excluding hydrogens is 688 g/mol. The average Bonchev–Trinajstić information content (AvgIpc) is 3.15. The van der Waals surface area contributed by atoms with Crippen molar-refractivity contribution >= 4 is 29.6 Å². The molecule has 290 valence electrons. The molecule has 0 saturated carbocycles. The lowest BCUT2D eigenvalue weighted by Gasteiger charge is -2.33. The molecule has 1 saturated heterocycles. The second-order valence-corrected chi connectivity index (χ2v) is 14.5. The van der Waals surface area contributed by atoms with Crippen LogP contribution in [0.4, 0.5) is 5.95 Å². The molecule has 2 aliphatic rings. The van der Waals surface area contributed by atoms with E-state index in [1.165, 1.54) is 11.1 Å². The maximum Gasteiger partial charge on any atom is 0.257 e. The predicted molar refractivity (Wildman–Crippen MR) is 206 cm³/mol. The van der Waals surface area contributed by atoms with Crippen LogP contribution in [0.2, 0.25) is 0 Å². The third-order valence-corrected chi connectivity index (χ3v) is 9.86. The van der Waals surface area contributed by atoms with Crippen molar-refractivity contribution in [2.75, 3.05) is 72.0 Å². The fourth-order valence-corrected chi connectivity index (χ4v) is 6.83. The van der Waals surface area contributed by atoms with Crippen LogP contribution < -0.4 is 30.3 Å². The summed E-state index contributed by atoms with van der Waals surface area (Å²) in [5.41, 5.74) is 2.80. The molecule has 14 heteroatoms. The van der Waals surface area contributed by atoms with Crippen molar-refractivity contribution in [1.82, 2.24) is 35.7 Å². The molecule has 54 heavy (non-hydrogen) atoms. The van der Waals surface area contributed by atoms with Gasteiger partial charge in [-0.25, -0.2) is 9.97 Å². The first-order chi connectivity index (χ1) is 25.9. The molecule has 2 bridgehead atoms. The molecule has 3 heterocycles. The minimum atomic E-state index is -0.952. The van der Waals surface area contributed by atoms with E-state index in [0.29, 0.717) is 54.5 Å². The summed E-state index contributed by atoms with van der Waals surface area (Å²) < 4.78 is 10.9.